The summed E-state index contributed by atoms with van der Waals surface area (Å²) < 4.78 is 6.79. The SMILES string of the molecule is Brc1cccc2nc(CN3CCCNCC3)oc12. The third-order valence-electron chi connectivity index (χ3n) is 3.20. The van der Waals surface area contributed by atoms with E-state index in [2.05, 4.69) is 31.1 Å². The van der Waals surface area contributed by atoms with E-state index in [1.54, 1.807) is 0 Å². The van der Waals surface area contributed by atoms with Crippen LogP contribution >= 0.6 is 15.9 Å². The number of hydrogen-bond acceptors (Lipinski definition) is 4. The zero-order chi connectivity index (χ0) is 12.4. The lowest BCUT2D eigenvalue weighted by Crippen LogP contribution is -2.27. The lowest BCUT2D eigenvalue weighted by molar-refractivity contribution is 0.257. The standard InChI is InChI=1S/C13H16BrN3O/c14-10-3-1-4-11-13(10)18-12(16-11)9-17-7-2-5-15-6-8-17/h1,3-4,15H,2,5-9H2. The molecule has 2 aromatic rings. The lowest BCUT2D eigenvalue weighted by atomic mass is 10.3. The first-order valence-corrected chi connectivity index (χ1v) is 7.09. The van der Waals surface area contributed by atoms with Crippen LogP contribution < -0.4 is 5.32 Å². The highest BCUT2D eigenvalue weighted by atomic mass is 79.9. The van der Waals surface area contributed by atoms with Gasteiger partial charge in [0.15, 0.2) is 5.58 Å². The Bertz CT molecular complexity index is 532. The maximum atomic E-state index is 5.82. The monoisotopic (exact) mass is 309 g/mol. The normalized spacial score (nSPS) is 18.1. The molecule has 5 heteroatoms. The molecule has 4 nitrogen and oxygen atoms in total. The number of halogens is 1. The summed E-state index contributed by atoms with van der Waals surface area (Å²) in [5, 5.41) is 3.40. The van der Waals surface area contributed by atoms with E-state index < -0.39 is 0 Å². The third-order valence-corrected chi connectivity index (χ3v) is 3.83. The van der Waals surface area contributed by atoms with Crippen LogP contribution in [0.2, 0.25) is 0 Å². The van der Waals surface area contributed by atoms with Gasteiger partial charge in [0.2, 0.25) is 5.89 Å². The van der Waals surface area contributed by atoms with E-state index in [0.29, 0.717) is 0 Å². The van der Waals surface area contributed by atoms with E-state index in [1.165, 1.54) is 6.42 Å². The Morgan fingerprint density at radius 3 is 3.17 bits per heavy atom. The molecule has 2 heterocycles. The zero-order valence-electron chi connectivity index (χ0n) is 10.2. The first-order chi connectivity index (χ1) is 8.83. The molecule has 0 aliphatic carbocycles. The Balaban J connectivity index is 1.79. The molecule has 96 valence electrons. The van der Waals surface area contributed by atoms with E-state index in [9.17, 15) is 0 Å². The van der Waals surface area contributed by atoms with Crippen molar-refractivity contribution in [3.05, 3.63) is 28.6 Å². The van der Waals surface area contributed by atoms with E-state index in [-0.39, 0.29) is 0 Å². The highest BCUT2D eigenvalue weighted by Gasteiger charge is 2.14. The second-order valence-electron chi connectivity index (χ2n) is 4.58. The second-order valence-corrected chi connectivity index (χ2v) is 5.43. The molecular formula is C13H16BrN3O. The second kappa shape index (κ2) is 5.38. The van der Waals surface area contributed by atoms with Gasteiger partial charge in [0, 0.05) is 13.1 Å². The number of para-hydroxylation sites is 1. The summed E-state index contributed by atoms with van der Waals surface area (Å²) in [6.07, 6.45) is 1.18. The molecule has 1 N–H and O–H groups in total. The summed E-state index contributed by atoms with van der Waals surface area (Å²) in [7, 11) is 0. The van der Waals surface area contributed by atoms with E-state index in [1.807, 2.05) is 18.2 Å². The number of benzene rings is 1. The first kappa shape index (κ1) is 12.1. The zero-order valence-corrected chi connectivity index (χ0v) is 11.7. The Morgan fingerprint density at radius 2 is 2.28 bits per heavy atom. The smallest absolute Gasteiger partial charge is 0.209 e. The molecule has 1 saturated heterocycles. The van der Waals surface area contributed by atoms with Gasteiger partial charge < -0.3 is 9.73 Å². The molecule has 1 aromatic heterocycles. The number of aromatic nitrogens is 1. The third kappa shape index (κ3) is 2.58. The predicted molar refractivity (Wildman–Crippen MR) is 74.5 cm³/mol. The fourth-order valence-electron chi connectivity index (χ4n) is 2.28. The van der Waals surface area contributed by atoms with Crippen LogP contribution in [0.4, 0.5) is 0 Å². The van der Waals surface area contributed by atoms with Crippen LogP contribution in [0.5, 0.6) is 0 Å². The molecule has 0 spiro atoms. The fraction of sp³-hybridized carbons (Fsp3) is 0.462. The minimum atomic E-state index is 0.794. The Labute approximate surface area is 114 Å². The molecular weight excluding hydrogens is 294 g/mol. The van der Waals surface area contributed by atoms with Crippen molar-refractivity contribution in [3.63, 3.8) is 0 Å². The molecule has 3 rings (SSSR count). The van der Waals surface area contributed by atoms with Gasteiger partial charge in [-0.2, -0.15) is 0 Å². The van der Waals surface area contributed by atoms with Crippen LogP contribution in [0.15, 0.2) is 27.1 Å². The van der Waals surface area contributed by atoms with Gasteiger partial charge in [-0.15, -0.1) is 0 Å². The molecule has 1 aromatic carbocycles. The van der Waals surface area contributed by atoms with E-state index >= 15 is 0 Å². The molecule has 0 bridgehead atoms. The molecule has 1 fully saturated rings. The summed E-state index contributed by atoms with van der Waals surface area (Å²) in [6.45, 7) is 5.11. The van der Waals surface area contributed by atoms with Gasteiger partial charge in [0.1, 0.15) is 5.52 Å². The molecule has 0 radical (unpaired) electrons. The van der Waals surface area contributed by atoms with Crippen molar-refractivity contribution >= 4 is 27.0 Å². The topological polar surface area (TPSA) is 41.3 Å². The average Bonchev–Trinajstić information content (AvgIpc) is 2.60. The van der Waals surface area contributed by atoms with Gasteiger partial charge in [0.05, 0.1) is 11.0 Å². The minimum Gasteiger partial charge on any atom is -0.438 e. The number of nitrogens with one attached hydrogen (secondary N) is 1. The number of nitrogens with zero attached hydrogens (tertiary/aromatic N) is 2. The van der Waals surface area contributed by atoms with Crippen molar-refractivity contribution in [3.8, 4) is 0 Å². The maximum Gasteiger partial charge on any atom is 0.209 e. The van der Waals surface area contributed by atoms with Gasteiger partial charge in [-0.25, -0.2) is 4.98 Å². The number of rotatable bonds is 2. The van der Waals surface area contributed by atoms with Crippen molar-refractivity contribution < 1.29 is 4.42 Å². The summed E-state index contributed by atoms with van der Waals surface area (Å²) >= 11 is 3.49. The maximum absolute atomic E-state index is 5.82. The highest BCUT2D eigenvalue weighted by molar-refractivity contribution is 9.10. The van der Waals surface area contributed by atoms with Crippen LogP contribution in [-0.4, -0.2) is 36.1 Å². The Morgan fingerprint density at radius 1 is 1.33 bits per heavy atom. The number of hydrogen-bond donors (Lipinski definition) is 1. The Hall–Kier alpha value is -0.910. The van der Waals surface area contributed by atoms with Gasteiger partial charge in [-0.05, 0) is 47.6 Å². The van der Waals surface area contributed by atoms with Crippen LogP contribution in [-0.2, 0) is 6.54 Å². The quantitative estimate of drug-likeness (QED) is 0.925. The molecule has 1 aliphatic heterocycles. The summed E-state index contributed by atoms with van der Waals surface area (Å²) in [4.78, 5) is 6.93. The van der Waals surface area contributed by atoms with Gasteiger partial charge in [-0.1, -0.05) is 6.07 Å². The Kier molecular flexibility index (Phi) is 3.63. The van der Waals surface area contributed by atoms with Crippen LogP contribution in [0.3, 0.4) is 0 Å². The predicted octanol–water partition coefficient (Wildman–Crippen LogP) is 2.39. The molecule has 0 amide bonds. The van der Waals surface area contributed by atoms with Crippen molar-refractivity contribution in [2.45, 2.75) is 13.0 Å². The lowest BCUT2D eigenvalue weighted by Gasteiger charge is -2.16. The molecule has 1 aliphatic rings. The molecule has 0 unspecified atom stereocenters. The number of oxazole rings is 1. The van der Waals surface area contributed by atoms with Crippen LogP contribution in [0.25, 0.3) is 11.1 Å². The average molecular weight is 310 g/mol. The summed E-state index contributed by atoms with van der Waals surface area (Å²) in [5.74, 6) is 0.804. The van der Waals surface area contributed by atoms with Crippen molar-refractivity contribution in [2.24, 2.45) is 0 Å². The van der Waals surface area contributed by atoms with Crippen molar-refractivity contribution in [1.82, 2.24) is 15.2 Å². The molecule has 0 saturated carbocycles. The largest absolute Gasteiger partial charge is 0.438 e. The fourth-order valence-corrected chi connectivity index (χ4v) is 2.72. The van der Waals surface area contributed by atoms with Gasteiger partial charge in [0.25, 0.3) is 0 Å². The first-order valence-electron chi connectivity index (χ1n) is 6.30. The molecule has 18 heavy (non-hydrogen) atoms. The highest BCUT2D eigenvalue weighted by Crippen LogP contribution is 2.24. The van der Waals surface area contributed by atoms with Crippen molar-refractivity contribution in [1.29, 1.82) is 0 Å². The van der Waals surface area contributed by atoms with E-state index in [4.69, 9.17) is 4.42 Å². The van der Waals surface area contributed by atoms with Gasteiger partial charge >= 0.3 is 0 Å². The minimum absolute atomic E-state index is 0.794. The van der Waals surface area contributed by atoms with Gasteiger partial charge in [-0.3, -0.25) is 4.90 Å². The number of fused-ring (bicyclic) bond motifs is 1. The summed E-state index contributed by atoms with van der Waals surface area (Å²) in [5.41, 5.74) is 1.77. The molecule has 0 atom stereocenters. The van der Waals surface area contributed by atoms with Crippen molar-refractivity contribution in [2.75, 3.05) is 26.2 Å². The summed E-state index contributed by atoms with van der Waals surface area (Å²) in [6, 6.07) is 5.94. The van der Waals surface area contributed by atoms with Crippen LogP contribution in [0, 0.1) is 0 Å². The van der Waals surface area contributed by atoms with E-state index in [0.717, 1.165) is 54.2 Å². The van der Waals surface area contributed by atoms with Crippen LogP contribution in [0.1, 0.15) is 12.3 Å².